The van der Waals surface area contributed by atoms with Gasteiger partial charge in [0.15, 0.2) is 0 Å². The molecule has 0 aliphatic carbocycles. The number of ether oxygens (including phenoxy) is 1. The summed E-state index contributed by atoms with van der Waals surface area (Å²) in [5, 5.41) is 4.13. The van der Waals surface area contributed by atoms with Gasteiger partial charge in [0.2, 0.25) is 0 Å². The molecule has 14 heavy (non-hydrogen) atoms. The highest BCUT2D eigenvalue weighted by Crippen LogP contribution is 2.09. The van der Waals surface area contributed by atoms with Gasteiger partial charge in [0.25, 0.3) is 0 Å². The zero-order valence-corrected chi connectivity index (χ0v) is 9.31. The summed E-state index contributed by atoms with van der Waals surface area (Å²) in [5.41, 5.74) is 1.26. The van der Waals surface area contributed by atoms with Crippen molar-refractivity contribution in [1.82, 2.24) is 0 Å². The number of carbonyl (C=O) groups is 1. The molecule has 0 saturated heterocycles. The van der Waals surface area contributed by atoms with Crippen molar-refractivity contribution in [2.75, 3.05) is 13.2 Å². The molecular formula is C11H16O2S. The zero-order valence-electron chi connectivity index (χ0n) is 8.49. The third-order valence-corrected chi connectivity index (χ3v) is 2.73. The molecule has 0 spiro atoms. The van der Waals surface area contributed by atoms with Crippen LogP contribution >= 0.6 is 11.3 Å². The molecule has 0 bridgehead atoms. The SMILES string of the molecule is CCOCCC(=O)CCc1ccsc1. The van der Waals surface area contributed by atoms with Crippen LogP contribution in [-0.4, -0.2) is 19.0 Å². The van der Waals surface area contributed by atoms with Crippen molar-refractivity contribution in [2.24, 2.45) is 0 Å². The Morgan fingerprint density at radius 3 is 3.00 bits per heavy atom. The van der Waals surface area contributed by atoms with Gasteiger partial charge in [-0.05, 0) is 35.7 Å². The molecule has 1 rings (SSSR count). The molecule has 1 aromatic heterocycles. The number of aryl methyl sites for hydroxylation is 1. The molecule has 0 saturated carbocycles. The molecule has 0 atom stereocenters. The van der Waals surface area contributed by atoms with Gasteiger partial charge in [-0.3, -0.25) is 4.79 Å². The summed E-state index contributed by atoms with van der Waals surface area (Å²) < 4.78 is 5.12. The summed E-state index contributed by atoms with van der Waals surface area (Å²) in [6.07, 6.45) is 2.07. The highest BCUT2D eigenvalue weighted by Gasteiger charge is 2.02. The van der Waals surface area contributed by atoms with E-state index in [-0.39, 0.29) is 0 Å². The maximum atomic E-state index is 11.3. The fraction of sp³-hybridized carbons (Fsp3) is 0.545. The Bertz CT molecular complexity index is 254. The smallest absolute Gasteiger partial charge is 0.135 e. The summed E-state index contributed by atoms with van der Waals surface area (Å²) in [4.78, 5) is 11.3. The fourth-order valence-electron chi connectivity index (χ4n) is 1.17. The summed E-state index contributed by atoms with van der Waals surface area (Å²) in [5.74, 6) is 0.296. The summed E-state index contributed by atoms with van der Waals surface area (Å²) in [6, 6.07) is 2.07. The van der Waals surface area contributed by atoms with E-state index in [9.17, 15) is 4.79 Å². The molecule has 3 heteroatoms. The fourth-order valence-corrected chi connectivity index (χ4v) is 1.88. The molecular weight excluding hydrogens is 196 g/mol. The van der Waals surface area contributed by atoms with E-state index in [0.717, 1.165) is 6.42 Å². The second-order valence-electron chi connectivity index (χ2n) is 3.12. The average molecular weight is 212 g/mol. The Kier molecular flexibility index (Phi) is 5.49. The van der Waals surface area contributed by atoms with Crippen molar-refractivity contribution in [3.63, 3.8) is 0 Å². The molecule has 0 amide bonds. The van der Waals surface area contributed by atoms with Gasteiger partial charge in [-0.25, -0.2) is 0 Å². The zero-order chi connectivity index (χ0) is 10.2. The second-order valence-corrected chi connectivity index (χ2v) is 3.90. The minimum atomic E-state index is 0.296. The predicted octanol–water partition coefficient (Wildman–Crippen LogP) is 2.68. The summed E-state index contributed by atoms with van der Waals surface area (Å²) >= 11 is 1.68. The molecule has 1 heterocycles. The minimum absolute atomic E-state index is 0.296. The molecule has 0 unspecified atom stereocenters. The van der Waals surface area contributed by atoms with Crippen molar-refractivity contribution >= 4 is 17.1 Å². The van der Waals surface area contributed by atoms with Crippen LogP contribution in [0.2, 0.25) is 0 Å². The Labute approximate surface area is 88.9 Å². The lowest BCUT2D eigenvalue weighted by Crippen LogP contribution is -2.05. The van der Waals surface area contributed by atoms with Crippen LogP contribution in [0.3, 0.4) is 0 Å². The van der Waals surface area contributed by atoms with E-state index in [0.29, 0.717) is 31.8 Å². The molecule has 0 fully saturated rings. The van der Waals surface area contributed by atoms with Gasteiger partial charge in [-0.1, -0.05) is 0 Å². The first-order chi connectivity index (χ1) is 6.83. The van der Waals surface area contributed by atoms with Gasteiger partial charge >= 0.3 is 0 Å². The predicted molar refractivity (Wildman–Crippen MR) is 58.8 cm³/mol. The minimum Gasteiger partial charge on any atom is -0.381 e. The molecule has 0 aliphatic rings. The van der Waals surface area contributed by atoms with Crippen molar-refractivity contribution in [3.05, 3.63) is 22.4 Å². The van der Waals surface area contributed by atoms with Gasteiger partial charge in [0.05, 0.1) is 6.61 Å². The van der Waals surface area contributed by atoms with E-state index in [1.807, 2.05) is 12.3 Å². The standard InChI is InChI=1S/C11H16O2S/c1-2-13-7-5-11(12)4-3-10-6-8-14-9-10/h6,8-9H,2-5,7H2,1H3. The molecule has 0 aliphatic heterocycles. The molecule has 78 valence electrons. The summed E-state index contributed by atoms with van der Waals surface area (Å²) in [7, 11) is 0. The Morgan fingerprint density at radius 1 is 1.50 bits per heavy atom. The first-order valence-electron chi connectivity index (χ1n) is 4.93. The van der Waals surface area contributed by atoms with Crippen LogP contribution in [0.1, 0.15) is 25.3 Å². The third-order valence-electron chi connectivity index (χ3n) is 2.00. The number of rotatable bonds is 7. The summed E-state index contributed by atoms with van der Waals surface area (Å²) in [6.45, 7) is 3.20. The van der Waals surface area contributed by atoms with E-state index >= 15 is 0 Å². The van der Waals surface area contributed by atoms with Crippen molar-refractivity contribution in [3.8, 4) is 0 Å². The van der Waals surface area contributed by atoms with Crippen LogP contribution in [0.5, 0.6) is 0 Å². The van der Waals surface area contributed by atoms with E-state index < -0.39 is 0 Å². The van der Waals surface area contributed by atoms with Crippen LogP contribution in [0.4, 0.5) is 0 Å². The van der Waals surface area contributed by atoms with Crippen LogP contribution in [0.15, 0.2) is 16.8 Å². The van der Waals surface area contributed by atoms with Crippen LogP contribution in [-0.2, 0) is 16.0 Å². The second kappa shape index (κ2) is 6.74. The lowest BCUT2D eigenvalue weighted by Gasteiger charge is -2.00. The Morgan fingerprint density at radius 2 is 2.36 bits per heavy atom. The number of carbonyl (C=O) groups excluding carboxylic acids is 1. The van der Waals surface area contributed by atoms with Gasteiger partial charge < -0.3 is 4.74 Å². The third kappa shape index (κ3) is 4.53. The highest BCUT2D eigenvalue weighted by molar-refractivity contribution is 7.07. The van der Waals surface area contributed by atoms with E-state index in [2.05, 4.69) is 11.4 Å². The van der Waals surface area contributed by atoms with E-state index in [4.69, 9.17) is 4.74 Å². The maximum absolute atomic E-state index is 11.3. The molecule has 1 aromatic rings. The highest BCUT2D eigenvalue weighted by atomic mass is 32.1. The number of thiophene rings is 1. The number of ketones is 1. The van der Waals surface area contributed by atoms with Crippen LogP contribution in [0.25, 0.3) is 0 Å². The average Bonchev–Trinajstić information content (AvgIpc) is 2.68. The van der Waals surface area contributed by atoms with Gasteiger partial charge in [0.1, 0.15) is 5.78 Å². The maximum Gasteiger partial charge on any atom is 0.135 e. The van der Waals surface area contributed by atoms with Crippen molar-refractivity contribution in [1.29, 1.82) is 0 Å². The Hall–Kier alpha value is -0.670. The lowest BCUT2D eigenvalue weighted by atomic mass is 10.1. The molecule has 0 N–H and O–H groups in total. The lowest BCUT2D eigenvalue weighted by molar-refractivity contribution is -0.120. The Balaban J connectivity index is 2.09. The monoisotopic (exact) mass is 212 g/mol. The topological polar surface area (TPSA) is 26.3 Å². The van der Waals surface area contributed by atoms with Crippen LogP contribution < -0.4 is 0 Å². The number of Topliss-reactive ketones (excluding diaryl/α,β-unsaturated/α-hetero) is 1. The van der Waals surface area contributed by atoms with Gasteiger partial charge in [0, 0.05) is 19.4 Å². The molecule has 2 nitrogen and oxygen atoms in total. The normalized spacial score (nSPS) is 10.4. The first kappa shape index (κ1) is 11.4. The quantitative estimate of drug-likeness (QED) is 0.649. The largest absolute Gasteiger partial charge is 0.381 e. The number of hydrogen-bond acceptors (Lipinski definition) is 3. The number of hydrogen-bond donors (Lipinski definition) is 0. The van der Waals surface area contributed by atoms with Crippen LogP contribution in [0, 0.1) is 0 Å². The van der Waals surface area contributed by atoms with E-state index in [1.54, 1.807) is 11.3 Å². The molecule has 0 radical (unpaired) electrons. The van der Waals surface area contributed by atoms with Crippen molar-refractivity contribution in [2.45, 2.75) is 26.2 Å². The molecule has 0 aromatic carbocycles. The van der Waals surface area contributed by atoms with Gasteiger partial charge in [-0.2, -0.15) is 11.3 Å². The first-order valence-corrected chi connectivity index (χ1v) is 5.87. The van der Waals surface area contributed by atoms with Crippen molar-refractivity contribution < 1.29 is 9.53 Å². The van der Waals surface area contributed by atoms with Gasteiger partial charge in [-0.15, -0.1) is 0 Å². The van der Waals surface area contributed by atoms with E-state index in [1.165, 1.54) is 5.56 Å².